The van der Waals surface area contributed by atoms with Gasteiger partial charge in [0.05, 0.1) is 11.1 Å². The van der Waals surface area contributed by atoms with E-state index in [1.807, 2.05) is 0 Å². The Hall–Kier alpha value is -3.42. The Morgan fingerprint density at radius 1 is 0.543 bits per heavy atom. The molecule has 2 fully saturated rings. The lowest BCUT2D eigenvalue weighted by molar-refractivity contribution is 0.0684. The first kappa shape index (κ1) is 35.4. The minimum Gasteiger partial charge on any atom is -0.478 e. The molecule has 0 atom stereocenters. The number of carbonyl (C=O) groups is 4. The third-order valence-electron chi connectivity index (χ3n) is 10.4. The van der Waals surface area contributed by atoms with Gasteiger partial charge in [0.15, 0.2) is 0 Å². The zero-order valence-electron chi connectivity index (χ0n) is 27.9. The molecular weight excluding hydrogens is 580 g/mol. The van der Waals surface area contributed by atoms with Crippen molar-refractivity contribution < 1.29 is 29.4 Å². The van der Waals surface area contributed by atoms with Crippen molar-refractivity contribution in [1.82, 2.24) is 10.6 Å². The molecule has 2 aliphatic rings. The van der Waals surface area contributed by atoms with Crippen LogP contribution in [0.2, 0.25) is 0 Å². The minimum atomic E-state index is -1.28. The number of carboxylic acids is 2. The van der Waals surface area contributed by atoms with Crippen LogP contribution in [0.1, 0.15) is 171 Å². The molecule has 8 nitrogen and oxygen atoms in total. The molecule has 0 aliphatic heterocycles. The predicted molar refractivity (Wildman–Crippen MR) is 182 cm³/mol. The van der Waals surface area contributed by atoms with Crippen LogP contribution in [0.5, 0.6) is 0 Å². The van der Waals surface area contributed by atoms with Gasteiger partial charge in [0, 0.05) is 34.0 Å². The molecule has 46 heavy (non-hydrogen) atoms. The third-order valence-corrected chi connectivity index (χ3v) is 10.4. The summed E-state index contributed by atoms with van der Waals surface area (Å²) in [6.45, 7) is 4.42. The molecule has 0 spiro atoms. The first-order valence-electron chi connectivity index (χ1n) is 17.9. The molecule has 252 valence electrons. The van der Waals surface area contributed by atoms with Crippen LogP contribution in [0.4, 0.5) is 0 Å². The number of aromatic carboxylic acids is 2. The van der Waals surface area contributed by atoms with Crippen LogP contribution < -0.4 is 10.6 Å². The Bertz CT molecular complexity index is 1250. The molecule has 8 heteroatoms. The van der Waals surface area contributed by atoms with Gasteiger partial charge < -0.3 is 20.8 Å². The van der Waals surface area contributed by atoms with Gasteiger partial charge >= 0.3 is 11.9 Å². The molecule has 0 aromatic heterocycles. The second kappa shape index (κ2) is 17.5. The van der Waals surface area contributed by atoms with E-state index < -0.39 is 23.8 Å². The van der Waals surface area contributed by atoms with E-state index in [2.05, 4.69) is 24.5 Å². The summed E-state index contributed by atoms with van der Waals surface area (Å²) in [4.78, 5) is 52.2. The van der Waals surface area contributed by atoms with Gasteiger partial charge in [0.2, 0.25) is 0 Å². The highest BCUT2D eigenvalue weighted by atomic mass is 16.4. The molecular formula is C38H54N2O6. The van der Waals surface area contributed by atoms with Crippen LogP contribution in [0, 0.1) is 11.8 Å². The van der Waals surface area contributed by atoms with Crippen molar-refractivity contribution in [2.24, 2.45) is 11.8 Å². The second-order valence-corrected chi connectivity index (χ2v) is 13.8. The summed E-state index contributed by atoms with van der Waals surface area (Å²) in [6.07, 6.45) is 20.0. The molecule has 2 saturated carbocycles. The highest BCUT2D eigenvalue weighted by molar-refractivity contribution is 6.23. The highest BCUT2D eigenvalue weighted by Gasteiger charge is 2.29. The Balaban J connectivity index is 1.52. The van der Waals surface area contributed by atoms with E-state index in [1.165, 1.54) is 88.5 Å². The number of unbranched alkanes of at least 4 members (excludes halogenated alkanes) is 6. The quantitative estimate of drug-likeness (QED) is 0.137. The van der Waals surface area contributed by atoms with Crippen molar-refractivity contribution in [2.75, 3.05) is 0 Å². The van der Waals surface area contributed by atoms with E-state index in [4.69, 9.17) is 0 Å². The fraction of sp³-hybridized carbons (Fsp3) is 0.632. The van der Waals surface area contributed by atoms with Crippen molar-refractivity contribution in [3.05, 3.63) is 46.5 Å². The second-order valence-electron chi connectivity index (χ2n) is 13.8. The SMILES string of the molecule is CCCCCC[C@H]1CC[C@H](NC(=O)c2ccc(C(=O)N[C@H]3CC[C@H](CCCCCC)CC3)c3c(C(=O)O)ccc(C(=O)O)c23)CC1. The Morgan fingerprint density at radius 3 is 1.22 bits per heavy atom. The maximum Gasteiger partial charge on any atom is 0.336 e. The van der Waals surface area contributed by atoms with Crippen molar-refractivity contribution in [1.29, 1.82) is 0 Å². The zero-order chi connectivity index (χ0) is 33.1. The lowest BCUT2D eigenvalue weighted by Crippen LogP contribution is -2.38. The molecule has 0 saturated heterocycles. The lowest BCUT2D eigenvalue weighted by Gasteiger charge is -2.30. The number of carbonyl (C=O) groups excluding carboxylic acids is 2. The largest absolute Gasteiger partial charge is 0.478 e. The van der Waals surface area contributed by atoms with Gasteiger partial charge in [-0.25, -0.2) is 9.59 Å². The number of benzene rings is 2. The number of amides is 2. The highest BCUT2D eigenvalue weighted by Crippen LogP contribution is 2.33. The van der Waals surface area contributed by atoms with Gasteiger partial charge in [0.1, 0.15) is 0 Å². The summed E-state index contributed by atoms with van der Waals surface area (Å²) in [5.74, 6) is -2.11. The van der Waals surface area contributed by atoms with Gasteiger partial charge in [0.25, 0.3) is 11.8 Å². The summed E-state index contributed by atoms with van der Waals surface area (Å²) < 4.78 is 0. The standard InChI is InChI=1S/C38H54N2O6/c1-3-5-7-9-11-25-13-17-27(18-14-25)39-35(41)29-21-22-30(34-32(38(45)46)24-23-31(33(29)34)37(43)44)36(42)40-28-19-15-26(16-20-28)12-10-8-6-4-2/h21-28H,3-20H2,1-2H3,(H,39,41)(H,40,42)(H,43,44)(H,45,46)/t25-,26-,27-,28-. The molecule has 4 rings (SSSR count). The summed E-state index contributed by atoms with van der Waals surface area (Å²) in [5.41, 5.74) is -0.229. The predicted octanol–water partition coefficient (Wildman–Crippen LogP) is 8.75. The average molecular weight is 635 g/mol. The van der Waals surface area contributed by atoms with Crippen LogP contribution in [-0.2, 0) is 0 Å². The van der Waals surface area contributed by atoms with Gasteiger partial charge in [-0.3, -0.25) is 9.59 Å². The zero-order valence-corrected chi connectivity index (χ0v) is 27.9. The number of fused-ring (bicyclic) bond motifs is 1. The van der Waals surface area contributed by atoms with Gasteiger partial charge in [-0.05, 0) is 87.5 Å². The van der Waals surface area contributed by atoms with E-state index in [0.29, 0.717) is 11.8 Å². The van der Waals surface area contributed by atoms with Crippen molar-refractivity contribution in [2.45, 2.75) is 142 Å². The van der Waals surface area contributed by atoms with Crippen molar-refractivity contribution in [3.8, 4) is 0 Å². The number of hydrogen-bond acceptors (Lipinski definition) is 4. The van der Waals surface area contributed by atoms with E-state index in [0.717, 1.165) is 51.4 Å². The lowest BCUT2D eigenvalue weighted by atomic mass is 9.82. The van der Waals surface area contributed by atoms with Crippen LogP contribution >= 0.6 is 0 Å². The van der Waals surface area contributed by atoms with Gasteiger partial charge in [-0.15, -0.1) is 0 Å². The van der Waals surface area contributed by atoms with Crippen LogP contribution in [-0.4, -0.2) is 46.0 Å². The summed E-state index contributed by atoms with van der Waals surface area (Å²) in [5, 5.41) is 26.4. The molecule has 0 bridgehead atoms. The van der Waals surface area contributed by atoms with Gasteiger partial charge in [-0.2, -0.15) is 0 Å². The van der Waals surface area contributed by atoms with Crippen LogP contribution in [0.15, 0.2) is 24.3 Å². The number of carboxylic acid groups (broad SMARTS) is 2. The van der Waals surface area contributed by atoms with Crippen LogP contribution in [0.25, 0.3) is 10.8 Å². The first-order chi connectivity index (χ1) is 22.2. The van der Waals surface area contributed by atoms with Crippen LogP contribution in [0.3, 0.4) is 0 Å². The monoisotopic (exact) mass is 634 g/mol. The van der Waals surface area contributed by atoms with E-state index in [1.54, 1.807) is 0 Å². The maximum absolute atomic E-state index is 13.7. The molecule has 0 radical (unpaired) electrons. The number of rotatable bonds is 16. The van der Waals surface area contributed by atoms with Crippen molar-refractivity contribution >= 4 is 34.5 Å². The minimum absolute atomic E-state index is 0.00190. The summed E-state index contributed by atoms with van der Waals surface area (Å²) in [6, 6.07) is 5.34. The molecule has 0 unspecified atom stereocenters. The molecule has 0 heterocycles. The van der Waals surface area contributed by atoms with E-state index >= 15 is 0 Å². The Labute approximate surface area is 274 Å². The molecule has 2 amide bonds. The van der Waals surface area contributed by atoms with E-state index in [-0.39, 0.29) is 45.1 Å². The third kappa shape index (κ3) is 9.32. The van der Waals surface area contributed by atoms with E-state index in [9.17, 15) is 29.4 Å². The smallest absolute Gasteiger partial charge is 0.336 e. The number of hydrogen-bond donors (Lipinski definition) is 4. The molecule has 2 aromatic carbocycles. The Morgan fingerprint density at radius 2 is 0.891 bits per heavy atom. The molecule has 2 aliphatic carbocycles. The van der Waals surface area contributed by atoms with Gasteiger partial charge in [-0.1, -0.05) is 78.1 Å². The maximum atomic E-state index is 13.7. The topological polar surface area (TPSA) is 133 Å². The fourth-order valence-corrected chi connectivity index (χ4v) is 7.67. The molecule has 2 aromatic rings. The summed E-state index contributed by atoms with van der Waals surface area (Å²) >= 11 is 0. The normalized spacial score (nSPS) is 21.5. The van der Waals surface area contributed by atoms with Crippen molar-refractivity contribution in [3.63, 3.8) is 0 Å². The summed E-state index contributed by atoms with van der Waals surface area (Å²) in [7, 11) is 0. The fourth-order valence-electron chi connectivity index (χ4n) is 7.67. The number of nitrogens with one attached hydrogen (secondary N) is 2. The first-order valence-corrected chi connectivity index (χ1v) is 17.9. The molecule has 4 N–H and O–H groups in total. The average Bonchev–Trinajstić information content (AvgIpc) is 3.05. The Kier molecular flexibility index (Phi) is 13.5.